The Balaban J connectivity index is 2.65. The normalized spacial score (nSPS) is 10.0. The van der Waals surface area contributed by atoms with Crippen molar-refractivity contribution in [2.24, 2.45) is 0 Å². The van der Waals surface area contributed by atoms with Crippen LogP contribution in [0.2, 0.25) is 0 Å². The third kappa shape index (κ3) is 3.42. The molecule has 1 aromatic carbocycles. The summed E-state index contributed by atoms with van der Waals surface area (Å²) in [6.45, 7) is 8.27. The van der Waals surface area contributed by atoms with Crippen LogP contribution in [0.15, 0.2) is 12.1 Å². The fourth-order valence-corrected chi connectivity index (χ4v) is 1.86. The summed E-state index contributed by atoms with van der Waals surface area (Å²) in [4.78, 5) is 0. The lowest BCUT2D eigenvalue weighted by molar-refractivity contribution is 0.695. The van der Waals surface area contributed by atoms with Crippen LogP contribution in [0, 0.1) is 33.1 Å². The first kappa shape index (κ1) is 11.8. The van der Waals surface area contributed by atoms with Crippen molar-refractivity contribution in [1.82, 2.24) is 5.32 Å². The predicted molar refractivity (Wildman–Crippen MR) is 65.8 cm³/mol. The second kappa shape index (κ2) is 5.58. The average Bonchev–Trinajstić information content (AvgIpc) is 2.15. The van der Waals surface area contributed by atoms with Crippen molar-refractivity contribution in [1.29, 1.82) is 0 Å². The molecule has 0 unspecified atom stereocenters. The molecule has 1 heteroatoms. The van der Waals surface area contributed by atoms with Crippen molar-refractivity contribution in [3.05, 3.63) is 34.4 Å². The number of hydrogen-bond acceptors (Lipinski definition) is 1. The highest BCUT2D eigenvalue weighted by Gasteiger charge is 2.02. The summed E-state index contributed by atoms with van der Waals surface area (Å²) in [7, 11) is 0. The molecule has 0 atom stereocenters. The van der Waals surface area contributed by atoms with Gasteiger partial charge < -0.3 is 5.32 Å². The van der Waals surface area contributed by atoms with Gasteiger partial charge in [0.15, 0.2) is 0 Å². The Hall–Kier alpha value is -1.26. The Morgan fingerprint density at radius 1 is 1.20 bits per heavy atom. The van der Waals surface area contributed by atoms with E-state index in [2.05, 4.69) is 44.1 Å². The van der Waals surface area contributed by atoms with Crippen LogP contribution in [0.5, 0.6) is 0 Å². The van der Waals surface area contributed by atoms with Crippen molar-refractivity contribution in [3.8, 4) is 12.3 Å². The Morgan fingerprint density at radius 3 is 2.33 bits per heavy atom. The standard InChI is InChI=1S/C14H19N/c1-5-6-7-15-10-14-12(3)8-11(2)9-13(14)4/h1,8-9,15H,6-7,10H2,2-4H3. The van der Waals surface area contributed by atoms with Gasteiger partial charge in [0.1, 0.15) is 0 Å². The molecule has 1 N–H and O–H groups in total. The topological polar surface area (TPSA) is 12.0 Å². The molecule has 0 saturated carbocycles. The zero-order valence-electron chi connectivity index (χ0n) is 9.85. The summed E-state index contributed by atoms with van der Waals surface area (Å²) in [6.07, 6.45) is 5.99. The van der Waals surface area contributed by atoms with Gasteiger partial charge in [0.05, 0.1) is 0 Å². The smallest absolute Gasteiger partial charge is 0.0212 e. The fourth-order valence-electron chi connectivity index (χ4n) is 1.86. The van der Waals surface area contributed by atoms with Crippen molar-refractivity contribution in [3.63, 3.8) is 0 Å². The zero-order chi connectivity index (χ0) is 11.3. The predicted octanol–water partition coefficient (Wildman–Crippen LogP) is 2.72. The van der Waals surface area contributed by atoms with E-state index in [0.717, 1.165) is 19.5 Å². The molecule has 0 aliphatic carbocycles. The fraction of sp³-hybridized carbons (Fsp3) is 0.429. The van der Waals surface area contributed by atoms with Crippen LogP contribution >= 0.6 is 0 Å². The zero-order valence-corrected chi connectivity index (χ0v) is 9.85. The summed E-state index contributed by atoms with van der Waals surface area (Å²) < 4.78 is 0. The van der Waals surface area contributed by atoms with Crippen LogP contribution in [0.25, 0.3) is 0 Å². The Bertz CT molecular complexity index is 348. The summed E-state index contributed by atoms with van der Waals surface area (Å²) in [5.41, 5.74) is 5.46. The van der Waals surface area contributed by atoms with Gasteiger partial charge in [0.2, 0.25) is 0 Å². The van der Waals surface area contributed by atoms with E-state index >= 15 is 0 Å². The highest BCUT2D eigenvalue weighted by Crippen LogP contribution is 2.15. The largest absolute Gasteiger partial charge is 0.312 e. The molecule has 1 aromatic rings. The van der Waals surface area contributed by atoms with Crippen LogP contribution in [-0.2, 0) is 6.54 Å². The number of benzene rings is 1. The van der Waals surface area contributed by atoms with Gasteiger partial charge in [0.25, 0.3) is 0 Å². The lowest BCUT2D eigenvalue weighted by Gasteiger charge is -2.11. The van der Waals surface area contributed by atoms with E-state index < -0.39 is 0 Å². The molecule has 0 aliphatic rings. The van der Waals surface area contributed by atoms with Gasteiger partial charge in [-0.05, 0) is 37.5 Å². The SMILES string of the molecule is C#CCCNCc1c(C)cc(C)cc1C. The van der Waals surface area contributed by atoms with Crippen LogP contribution < -0.4 is 5.32 Å². The van der Waals surface area contributed by atoms with Gasteiger partial charge >= 0.3 is 0 Å². The second-order valence-electron chi connectivity index (χ2n) is 4.01. The summed E-state index contributed by atoms with van der Waals surface area (Å²) in [5, 5.41) is 3.36. The third-order valence-corrected chi connectivity index (χ3v) is 2.59. The minimum absolute atomic E-state index is 0.796. The molecule has 0 aliphatic heterocycles. The van der Waals surface area contributed by atoms with Crippen molar-refractivity contribution < 1.29 is 0 Å². The van der Waals surface area contributed by atoms with Crippen molar-refractivity contribution in [2.75, 3.05) is 6.54 Å². The quantitative estimate of drug-likeness (QED) is 0.583. The van der Waals surface area contributed by atoms with E-state index in [-0.39, 0.29) is 0 Å². The molecule has 0 fully saturated rings. The maximum atomic E-state index is 5.20. The number of nitrogens with one attached hydrogen (secondary N) is 1. The lowest BCUT2D eigenvalue weighted by atomic mass is 10.00. The molecule has 0 heterocycles. The number of hydrogen-bond donors (Lipinski definition) is 1. The average molecular weight is 201 g/mol. The summed E-state index contributed by atoms with van der Waals surface area (Å²) in [5.74, 6) is 2.63. The Kier molecular flexibility index (Phi) is 4.39. The summed E-state index contributed by atoms with van der Waals surface area (Å²) >= 11 is 0. The van der Waals surface area contributed by atoms with Crippen LogP contribution in [-0.4, -0.2) is 6.54 Å². The lowest BCUT2D eigenvalue weighted by Crippen LogP contribution is -2.16. The van der Waals surface area contributed by atoms with E-state index in [1.54, 1.807) is 0 Å². The van der Waals surface area contributed by atoms with Gasteiger partial charge in [-0.1, -0.05) is 17.7 Å². The van der Waals surface area contributed by atoms with Crippen LogP contribution in [0.3, 0.4) is 0 Å². The first-order valence-electron chi connectivity index (χ1n) is 5.36. The molecule has 0 aromatic heterocycles. The minimum atomic E-state index is 0.796. The molecule has 15 heavy (non-hydrogen) atoms. The van der Waals surface area contributed by atoms with E-state index in [4.69, 9.17) is 6.42 Å². The maximum absolute atomic E-state index is 5.20. The van der Waals surface area contributed by atoms with Crippen molar-refractivity contribution in [2.45, 2.75) is 33.7 Å². The van der Waals surface area contributed by atoms with E-state index in [0.29, 0.717) is 0 Å². The monoisotopic (exact) mass is 201 g/mol. The molecule has 0 saturated heterocycles. The van der Waals surface area contributed by atoms with E-state index in [1.807, 2.05) is 0 Å². The number of rotatable bonds is 4. The van der Waals surface area contributed by atoms with Gasteiger partial charge in [-0.15, -0.1) is 12.3 Å². The minimum Gasteiger partial charge on any atom is -0.312 e. The van der Waals surface area contributed by atoms with Crippen LogP contribution in [0.4, 0.5) is 0 Å². The van der Waals surface area contributed by atoms with Gasteiger partial charge in [0, 0.05) is 19.5 Å². The van der Waals surface area contributed by atoms with Gasteiger partial charge in [-0.25, -0.2) is 0 Å². The van der Waals surface area contributed by atoms with Crippen molar-refractivity contribution >= 4 is 0 Å². The van der Waals surface area contributed by atoms with Gasteiger partial charge in [-0.2, -0.15) is 0 Å². The Labute approximate surface area is 92.9 Å². The maximum Gasteiger partial charge on any atom is 0.0212 e. The summed E-state index contributed by atoms with van der Waals surface area (Å²) in [6, 6.07) is 4.45. The molecule has 80 valence electrons. The number of aryl methyl sites for hydroxylation is 3. The molecule has 1 nitrogen and oxygen atoms in total. The molecular weight excluding hydrogens is 182 g/mol. The highest BCUT2D eigenvalue weighted by molar-refractivity contribution is 5.37. The van der Waals surface area contributed by atoms with Gasteiger partial charge in [-0.3, -0.25) is 0 Å². The van der Waals surface area contributed by atoms with E-state index in [1.165, 1.54) is 22.3 Å². The molecule has 0 radical (unpaired) electrons. The van der Waals surface area contributed by atoms with E-state index in [9.17, 15) is 0 Å². The molecule has 0 bridgehead atoms. The molecule has 0 spiro atoms. The molecule has 1 rings (SSSR count). The second-order valence-corrected chi connectivity index (χ2v) is 4.01. The molecular formula is C14H19N. The first-order valence-corrected chi connectivity index (χ1v) is 5.36. The number of terminal acetylenes is 1. The third-order valence-electron chi connectivity index (χ3n) is 2.59. The highest BCUT2D eigenvalue weighted by atomic mass is 14.8. The molecule has 0 amide bonds. The first-order chi connectivity index (χ1) is 7.15. The van der Waals surface area contributed by atoms with Crippen LogP contribution in [0.1, 0.15) is 28.7 Å². The Morgan fingerprint density at radius 2 is 1.80 bits per heavy atom.